The minimum atomic E-state index is -0.838. The van der Waals surface area contributed by atoms with E-state index in [0.29, 0.717) is 0 Å². The molecule has 1 aromatic rings. The maximum absolute atomic E-state index is 10.9. The Balaban J connectivity index is 2.18. The van der Waals surface area contributed by atoms with E-state index in [1.807, 2.05) is 42.5 Å². The molecule has 2 aliphatic rings. The highest BCUT2D eigenvalue weighted by Crippen LogP contribution is 2.38. The second kappa shape index (κ2) is 4.61. The summed E-state index contributed by atoms with van der Waals surface area (Å²) in [6.45, 7) is 0. The van der Waals surface area contributed by atoms with Gasteiger partial charge in [-0.25, -0.2) is 0 Å². The number of hydrogen-bond acceptors (Lipinski definition) is 2. The summed E-state index contributed by atoms with van der Waals surface area (Å²) >= 11 is 0. The molecule has 0 saturated heterocycles. The molecule has 1 aliphatic carbocycles. The number of rotatable bonds is 3. The van der Waals surface area contributed by atoms with E-state index >= 15 is 0 Å². The molecule has 3 heteroatoms. The summed E-state index contributed by atoms with van der Waals surface area (Å²) in [6, 6.07) is 13.7. The molecular formula is C16H12O3. The van der Waals surface area contributed by atoms with Gasteiger partial charge in [0.1, 0.15) is 0 Å². The van der Waals surface area contributed by atoms with Crippen LogP contribution in [0.4, 0.5) is 0 Å². The van der Waals surface area contributed by atoms with Gasteiger partial charge in [0.15, 0.2) is 0 Å². The van der Waals surface area contributed by atoms with Gasteiger partial charge in [-0.2, -0.15) is 0 Å². The summed E-state index contributed by atoms with van der Waals surface area (Å²) in [5.41, 5.74) is 4.79. The second-order valence-electron chi connectivity index (χ2n) is 4.40. The van der Waals surface area contributed by atoms with Crippen molar-refractivity contribution in [2.75, 3.05) is 0 Å². The molecule has 19 heavy (non-hydrogen) atoms. The number of carboxylic acid groups (broad SMARTS) is 1. The van der Waals surface area contributed by atoms with Crippen molar-refractivity contribution in [3.8, 4) is 22.3 Å². The Morgan fingerprint density at radius 2 is 1.84 bits per heavy atom. The quantitative estimate of drug-likeness (QED) is 0.773. The van der Waals surface area contributed by atoms with Crippen LogP contribution in [0.2, 0.25) is 0 Å². The summed E-state index contributed by atoms with van der Waals surface area (Å²) in [6.07, 6.45) is 3.22. The van der Waals surface area contributed by atoms with Gasteiger partial charge in [-0.05, 0) is 34.4 Å². The van der Waals surface area contributed by atoms with E-state index in [1.165, 1.54) is 0 Å². The largest absolute Gasteiger partial charge is 0.481 e. The molecule has 3 nitrogen and oxygen atoms in total. The fourth-order valence-electron chi connectivity index (χ4n) is 2.35. The average Bonchev–Trinajstić information content (AvgIpc) is 2.78. The van der Waals surface area contributed by atoms with Gasteiger partial charge >= 0.3 is 5.97 Å². The zero-order valence-corrected chi connectivity index (χ0v) is 10.2. The summed E-state index contributed by atoms with van der Waals surface area (Å²) in [4.78, 5) is 10.9. The first-order valence-electron chi connectivity index (χ1n) is 6.00. The Labute approximate surface area is 110 Å². The molecule has 0 radical (unpaired) electrons. The third-order valence-corrected chi connectivity index (χ3v) is 3.17. The third kappa shape index (κ3) is 2.10. The highest BCUT2D eigenvalue weighted by molar-refractivity contribution is 5.90. The maximum atomic E-state index is 10.9. The van der Waals surface area contributed by atoms with E-state index in [9.17, 15) is 4.79 Å². The van der Waals surface area contributed by atoms with Gasteiger partial charge in [-0.15, -0.1) is 0 Å². The van der Waals surface area contributed by atoms with Crippen molar-refractivity contribution in [2.45, 2.75) is 6.42 Å². The van der Waals surface area contributed by atoms with Crippen LogP contribution in [0.5, 0.6) is 0 Å². The van der Waals surface area contributed by atoms with E-state index in [0.717, 1.165) is 27.8 Å². The molecular weight excluding hydrogens is 240 g/mol. The molecule has 94 valence electrons. The molecule has 0 unspecified atom stereocenters. The maximum Gasteiger partial charge on any atom is 0.307 e. The Hall–Kier alpha value is -2.55. The lowest BCUT2D eigenvalue weighted by Gasteiger charge is -2.03. The van der Waals surface area contributed by atoms with E-state index in [-0.39, 0.29) is 6.42 Å². The fourth-order valence-corrected chi connectivity index (χ4v) is 2.35. The van der Waals surface area contributed by atoms with Crippen LogP contribution in [-0.4, -0.2) is 11.1 Å². The van der Waals surface area contributed by atoms with Gasteiger partial charge in [0, 0.05) is 5.56 Å². The van der Waals surface area contributed by atoms with Crippen LogP contribution in [0, 0.1) is 0 Å². The van der Waals surface area contributed by atoms with Gasteiger partial charge in [-0.3, -0.25) is 4.79 Å². The number of fused-ring (bicyclic) bond motifs is 1. The first kappa shape index (κ1) is 11.5. The number of carboxylic acids is 1. The smallest absolute Gasteiger partial charge is 0.307 e. The SMILES string of the molecule is O=C(O)Cc1cc(-c2ccccc2)c2ccocc1-2. The molecule has 0 fully saturated rings. The Kier molecular flexibility index (Phi) is 2.80. The Morgan fingerprint density at radius 1 is 1.05 bits per heavy atom. The van der Waals surface area contributed by atoms with Crippen LogP contribution < -0.4 is 0 Å². The predicted octanol–water partition coefficient (Wildman–Crippen LogP) is 3.68. The monoisotopic (exact) mass is 252 g/mol. The lowest BCUT2D eigenvalue weighted by molar-refractivity contribution is -0.136. The minimum Gasteiger partial charge on any atom is -0.481 e. The van der Waals surface area contributed by atoms with Crippen molar-refractivity contribution in [1.29, 1.82) is 0 Å². The van der Waals surface area contributed by atoms with Gasteiger partial charge in [0.25, 0.3) is 0 Å². The van der Waals surface area contributed by atoms with Crippen LogP contribution in [0.1, 0.15) is 5.56 Å². The summed E-state index contributed by atoms with van der Waals surface area (Å²) in [5, 5.41) is 8.98. The first-order chi connectivity index (χ1) is 9.25. The van der Waals surface area contributed by atoms with Gasteiger partial charge in [0.05, 0.1) is 18.9 Å². The summed E-state index contributed by atoms with van der Waals surface area (Å²) < 4.78 is 5.17. The topological polar surface area (TPSA) is 50.4 Å². The number of aliphatic carboxylic acids is 1. The van der Waals surface area contributed by atoms with Gasteiger partial charge in [-0.1, -0.05) is 30.3 Å². The molecule has 1 heterocycles. The Morgan fingerprint density at radius 3 is 2.58 bits per heavy atom. The van der Waals surface area contributed by atoms with Crippen molar-refractivity contribution in [2.24, 2.45) is 0 Å². The highest BCUT2D eigenvalue weighted by atomic mass is 16.4. The van der Waals surface area contributed by atoms with Crippen molar-refractivity contribution in [3.05, 3.63) is 60.6 Å². The number of carbonyl (C=O) groups is 1. The molecule has 0 amide bonds. The standard InChI is InChI=1S/C16H12O3/c17-16(18)9-12-8-14(11-4-2-1-3-5-11)13-6-7-19-10-15(12)13/h1-8,10H,9H2,(H,17,18). The van der Waals surface area contributed by atoms with Gasteiger partial charge < -0.3 is 9.52 Å². The van der Waals surface area contributed by atoms with Crippen LogP contribution >= 0.6 is 0 Å². The number of hydrogen-bond donors (Lipinski definition) is 1. The molecule has 0 aromatic heterocycles. The van der Waals surface area contributed by atoms with Crippen molar-refractivity contribution < 1.29 is 14.3 Å². The first-order valence-corrected chi connectivity index (χ1v) is 6.00. The average molecular weight is 252 g/mol. The molecule has 1 aromatic carbocycles. The van der Waals surface area contributed by atoms with Crippen LogP contribution in [0.15, 0.2) is 59.4 Å². The van der Waals surface area contributed by atoms with Crippen LogP contribution in [0.3, 0.4) is 0 Å². The zero-order chi connectivity index (χ0) is 13.2. The van der Waals surface area contributed by atoms with E-state index < -0.39 is 5.97 Å². The lowest BCUT2D eigenvalue weighted by Crippen LogP contribution is -1.99. The fraction of sp³-hybridized carbons (Fsp3) is 0.0625. The third-order valence-electron chi connectivity index (χ3n) is 3.17. The predicted molar refractivity (Wildman–Crippen MR) is 72.1 cm³/mol. The van der Waals surface area contributed by atoms with E-state index in [1.54, 1.807) is 12.5 Å². The lowest BCUT2D eigenvalue weighted by atomic mass is 10.0. The van der Waals surface area contributed by atoms with Crippen molar-refractivity contribution >= 4 is 5.97 Å². The van der Waals surface area contributed by atoms with E-state index in [4.69, 9.17) is 9.52 Å². The summed E-state index contributed by atoms with van der Waals surface area (Å²) in [7, 11) is 0. The summed E-state index contributed by atoms with van der Waals surface area (Å²) in [5.74, 6) is -0.838. The van der Waals surface area contributed by atoms with Crippen molar-refractivity contribution in [3.63, 3.8) is 0 Å². The molecule has 0 saturated carbocycles. The van der Waals surface area contributed by atoms with Crippen molar-refractivity contribution in [1.82, 2.24) is 0 Å². The van der Waals surface area contributed by atoms with Crippen LogP contribution in [0.25, 0.3) is 22.3 Å². The number of benzene rings is 1. The zero-order valence-electron chi connectivity index (χ0n) is 10.2. The minimum absolute atomic E-state index is 0.00284. The molecule has 1 N–H and O–H groups in total. The highest BCUT2D eigenvalue weighted by Gasteiger charge is 2.18. The normalized spacial score (nSPS) is 10.7. The van der Waals surface area contributed by atoms with Gasteiger partial charge in [0.2, 0.25) is 0 Å². The molecule has 0 bridgehead atoms. The molecule has 1 aliphatic heterocycles. The molecule has 0 atom stereocenters. The second-order valence-corrected chi connectivity index (χ2v) is 4.40. The Bertz CT molecular complexity index is 682. The van der Waals surface area contributed by atoms with E-state index in [2.05, 4.69) is 0 Å². The molecule has 0 spiro atoms. The van der Waals surface area contributed by atoms with Crippen LogP contribution in [-0.2, 0) is 11.2 Å². The molecule has 3 rings (SSSR count).